The van der Waals surface area contributed by atoms with Crippen molar-refractivity contribution < 1.29 is 4.74 Å². The Labute approximate surface area is 108 Å². The van der Waals surface area contributed by atoms with Gasteiger partial charge in [-0.1, -0.05) is 17.7 Å². The van der Waals surface area contributed by atoms with Crippen LogP contribution in [0.15, 0.2) is 18.2 Å². The summed E-state index contributed by atoms with van der Waals surface area (Å²) in [4.78, 5) is 0. The molecule has 1 fully saturated rings. The number of hydrogen-bond donors (Lipinski definition) is 1. The van der Waals surface area contributed by atoms with E-state index in [1.807, 2.05) is 6.07 Å². The van der Waals surface area contributed by atoms with E-state index in [9.17, 15) is 0 Å². The maximum atomic E-state index is 6.22. The number of ether oxygens (including phenoxy) is 1. The molecule has 2 nitrogen and oxygen atoms in total. The molecule has 94 valence electrons. The molecule has 1 aromatic carbocycles. The SMILES string of the molecule is COC1CCC(Nc2ccc(C)cc2Cl)CC1. The van der Waals surface area contributed by atoms with E-state index >= 15 is 0 Å². The van der Waals surface area contributed by atoms with Crippen LogP contribution in [0.25, 0.3) is 0 Å². The van der Waals surface area contributed by atoms with Crippen LogP contribution in [0.3, 0.4) is 0 Å². The van der Waals surface area contributed by atoms with E-state index in [-0.39, 0.29) is 0 Å². The summed E-state index contributed by atoms with van der Waals surface area (Å²) in [5, 5.41) is 4.35. The largest absolute Gasteiger partial charge is 0.381 e. The highest BCUT2D eigenvalue weighted by Gasteiger charge is 2.20. The first-order chi connectivity index (χ1) is 8.19. The van der Waals surface area contributed by atoms with E-state index in [1.54, 1.807) is 7.11 Å². The molecule has 17 heavy (non-hydrogen) atoms. The fourth-order valence-electron chi connectivity index (χ4n) is 2.40. The molecule has 1 aromatic rings. The van der Waals surface area contributed by atoms with Crippen molar-refractivity contribution >= 4 is 17.3 Å². The van der Waals surface area contributed by atoms with Gasteiger partial charge in [-0.05, 0) is 50.3 Å². The number of methoxy groups -OCH3 is 1. The van der Waals surface area contributed by atoms with Gasteiger partial charge >= 0.3 is 0 Å². The van der Waals surface area contributed by atoms with Gasteiger partial charge in [0.15, 0.2) is 0 Å². The lowest BCUT2D eigenvalue weighted by Crippen LogP contribution is -2.29. The Balaban J connectivity index is 1.93. The van der Waals surface area contributed by atoms with Crippen LogP contribution in [-0.4, -0.2) is 19.3 Å². The minimum Gasteiger partial charge on any atom is -0.381 e. The van der Waals surface area contributed by atoms with Gasteiger partial charge in [0.25, 0.3) is 0 Å². The van der Waals surface area contributed by atoms with Gasteiger partial charge in [0.2, 0.25) is 0 Å². The minimum absolute atomic E-state index is 0.446. The van der Waals surface area contributed by atoms with Gasteiger partial charge < -0.3 is 10.1 Å². The second kappa shape index (κ2) is 5.74. The Hall–Kier alpha value is -0.730. The van der Waals surface area contributed by atoms with Crippen molar-refractivity contribution in [2.24, 2.45) is 0 Å². The average Bonchev–Trinajstić information content (AvgIpc) is 2.34. The molecule has 1 saturated carbocycles. The van der Waals surface area contributed by atoms with Gasteiger partial charge in [-0.2, -0.15) is 0 Å². The number of anilines is 1. The summed E-state index contributed by atoms with van der Waals surface area (Å²) in [5.41, 5.74) is 2.25. The second-order valence-corrected chi connectivity index (χ2v) is 5.24. The van der Waals surface area contributed by atoms with Gasteiger partial charge in [-0.15, -0.1) is 0 Å². The molecule has 0 aliphatic heterocycles. The first kappa shape index (κ1) is 12.7. The Kier molecular flexibility index (Phi) is 4.30. The third-order valence-corrected chi connectivity index (χ3v) is 3.80. The summed E-state index contributed by atoms with van der Waals surface area (Å²) < 4.78 is 5.38. The molecule has 3 heteroatoms. The van der Waals surface area contributed by atoms with Crippen LogP contribution in [0.4, 0.5) is 5.69 Å². The highest BCUT2D eigenvalue weighted by Crippen LogP contribution is 2.28. The summed E-state index contributed by atoms with van der Waals surface area (Å²) in [6.45, 7) is 2.06. The fraction of sp³-hybridized carbons (Fsp3) is 0.571. The molecular weight excluding hydrogens is 234 g/mol. The molecule has 0 saturated heterocycles. The molecule has 0 radical (unpaired) electrons. The fourth-order valence-corrected chi connectivity index (χ4v) is 2.69. The Bertz CT molecular complexity index is 372. The molecule has 2 rings (SSSR count). The minimum atomic E-state index is 0.446. The quantitative estimate of drug-likeness (QED) is 0.879. The Morgan fingerprint density at radius 2 is 1.94 bits per heavy atom. The summed E-state index contributed by atoms with van der Waals surface area (Å²) in [5.74, 6) is 0. The van der Waals surface area contributed by atoms with Crippen LogP contribution in [0.5, 0.6) is 0 Å². The zero-order valence-electron chi connectivity index (χ0n) is 10.5. The monoisotopic (exact) mass is 253 g/mol. The van der Waals surface area contributed by atoms with Crippen LogP contribution < -0.4 is 5.32 Å². The Morgan fingerprint density at radius 1 is 1.24 bits per heavy atom. The normalized spacial score (nSPS) is 24.6. The summed E-state index contributed by atoms with van der Waals surface area (Å²) in [6.07, 6.45) is 5.03. The molecular formula is C14H20ClNO. The van der Waals surface area contributed by atoms with E-state index in [2.05, 4.69) is 24.4 Å². The third-order valence-electron chi connectivity index (χ3n) is 3.49. The first-order valence-corrected chi connectivity index (χ1v) is 6.62. The Morgan fingerprint density at radius 3 is 2.53 bits per heavy atom. The van der Waals surface area contributed by atoms with Crippen LogP contribution >= 0.6 is 11.6 Å². The standard InChI is InChI=1S/C14H20ClNO/c1-10-3-8-14(13(15)9-10)16-11-4-6-12(17-2)7-5-11/h3,8-9,11-12,16H,4-7H2,1-2H3. The predicted molar refractivity (Wildman–Crippen MR) is 72.9 cm³/mol. The molecule has 0 amide bonds. The molecule has 0 aromatic heterocycles. The van der Waals surface area contributed by atoms with Crippen molar-refractivity contribution in [1.29, 1.82) is 0 Å². The van der Waals surface area contributed by atoms with Crippen LogP contribution in [-0.2, 0) is 4.74 Å². The van der Waals surface area contributed by atoms with Crippen LogP contribution in [0, 0.1) is 6.92 Å². The van der Waals surface area contributed by atoms with Crippen molar-refractivity contribution in [3.8, 4) is 0 Å². The molecule has 0 spiro atoms. The van der Waals surface area contributed by atoms with Crippen molar-refractivity contribution in [1.82, 2.24) is 0 Å². The zero-order chi connectivity index (χ0) is 12.3. The smallest absolute Gasteiger partial charge is 0.0640 e. The lowest BCUT2D eigenvalue weighted by molar-refractivity contribution is 0.0682. The maximum Gasteiger partial charge on any atom is 0.0640 e. The highest BCUT2D eigenvalue weighted by atomic mass is 35.5. The maximum absolute atomic E-state index is 6.22. The topological polar surface area (TPSA) is 21.3 Å². The number of nitrogens with one attached hydrogen (secondary N) is 1. The second-order valence-electron chi connectivity index (χ2n) is 4.84. The molecule has 0 atom stereocenters. The van der Waals surface area contributed by atoms with Crippen molar-refractivity contribution in [2.75, 3.05) is 12.4 Å². The van der Waals surface area contributed by atoms with Crippen molar-refractivity contribution in [2.45, 2.75) is 44.8 Å². The summed E-state index contributed by atoms with van der Waals surface area (Å²) in [7, 11) is 1.80. The van der Waals surface area contributed by atoms with Gasteiger partial charge in [0.05, 0.1) is 16.8 Å². The molecule has 1 aliphatic carbocycles. The first-order valence-electron chi connectivity index (χ1n) is 6.24. The van der Waals surface area contributed by atoms with E-state index in [1.165, 1.54) is 5.56 Å². The lowest BCUT2D eigenvalue weighted by atomic mass is 9.93. The van der Waals surface area contributed by atoms with E-state index < -0.39 is 0 Å². The predicted octanol–water partition coefficient (Wildman–Crippen LogP) is 4.02. The molecule has 1 N–H and O–H groups in total. The molecule has 1 aliphatic rings. The van der Waals surface area contributed by atoms with Gasteiger partial charge in [-0.3, -0.25) is 0 Å². The highest BCUT2D eigenvalue weighted by molar-refractivity contribution is 6.33. The summed E-state index contributed by atoms with van der Waals surface area (Å²) in [6, 6.07) is 6.70. The van der Waals surface area contributed by atoms with E-state index in [0.717, 1.165) is 36.4 Å². The van der Waals surface area contributed by atoms with Gasteiger partial charge in [0.1, 0.15) is 0 Å². The van der Waals surface area contributed by atoms with Crippen molar-refractivity contribution in [3.05, 3.63) is 28.8 Å². The molecule has 0 unspecified atom stereocenters. The van der Waals surface area contributed by atoms with Gasteiger partial charge in [0, 0.05) is 13.2 Å². The van der Waals surface area contributed by atoms with Crippen LogP contribution in [0.1, 0.15) is 31.2 Å². The third kappa shape index (κ3) is 3.36. The number of rotatable bonds is 3. The molecule has 0 bridgehead atoms. The average molecular weight is 254 g/mol. The number of aryl methyl sites for hydroxylation is 1. The number of benzene rings is 1. The summed E-state index contributed by atoms with van der Waals surface area (Å²) >= 11 is 6.22. The number of halogens is 1. The van der Waals surface area contributed by atoms with E-state index in [0.29, 0.717) is 12.1 Å². The zero-order valence-corrected chi connectivity index (χ0v) is 11.3. The van der Waals surface area contributed by atoms with Gasteiger partial charge in [-0.25, -0.2) is 0 Å². The lowest BCUT2D eigenvalue weighted by Gasteiger charge is -2.29. The van der Waals surface area contributed by atoms with E-state index in [4.69, 9.17) is 16.3 Å². The molecule has 0 heterocycles. The van der Waals surface area contributed by atoms with Crippen molar-refractivity contribution in [3.63, 3.8) is 0 Å². The van der Waals surface area contributed by atoms with Crippen LogP contribution in [0.2, 0.25) is 5.02 Å². The number of hydrogen-bond acceptors (Lipinski definition) is 2.